The van der Waals surface area contributed by atoms with Gasteiger partial charge in [-0.3, -0.25) is 10.1 Å². The number of anilines is 1. The van der Waals surface area contributed by atoms with Gasteiger partial charge in [-0.05, 0) is 29.7 Å². The van der Waals surface area contributed by atoms with E-state index in [0.29, 0.717) is 17.2 Å². The Morgan fingerprint density at radius 3 is 2.67 bits per heavy atom. The Morgan fingerprint density at radius 2 is 2.00 bits per heavy atom. The lowest BCUT2D eigenvalue weighted by molar-refractivity contribution is -0.384. The monoisotopic (exact) mass is 286 g/mol. The van der Waals surface area contributed by atoms with Crippen LogP contribution < -0.4 is 10.5 Å². The summed E-state index contributed by atoms with van der Waals surface area (Å²) in [6, 6.07) is 12.2. The van der Waals surface area contributed by atoms with Crippen molar-refractivity contribution in [1.82, 2.24) is 0 Å². The smallest absolute Gasteiger partial charge is 0.269 e. The van der Waals surface area contributed by atoms with Crippen LogP contribution in [0.2, 0.25) is 0 Å². The fraction of sp³-hybridized carbons (Fsp3) is 0.250. The van der Waals surface area contributed by atoms with E-state index in [1.54, 1.807) is 0 Å². The SMILES string of the molecule is CC(C)c1cccc(OCc2cc([N+](=O)[O-])ccc2N)c1. The van der Waals surface area contributed by atoms with Gasteiger partial charge in [0.05, 0.1) is 4.92 Å². The molecule has 0 spiro atoms. The number of nitro groups is 1. The molecule has 5 nitrogen and oxygen atoms in total. The minimum atomic E-state index is -0.442. The molecule has 0 amide bonds. The average Bonchev–Trinajstić information content (AvgIpc) is 2.46. The summed E-state index contributed by atoms with van der Waals surface area (Å²) in [6.07, 6.45) is 0. The molecule has 0 aliphatic heterocycles. The molecule has 5 heteroatoms. The summed E-state index contributed by atoms with van der Waals surface area (Å²) in [5.41, 5.74) is 8.12. The molecule has 0 aliphatic carbocycles. The molecule has 2 aromatic rings. The Hall–Kier alpha value is -2.56. The van der Waals surface area contributed by atoms with E-state index in [-0.39, 0.29) is 12.3 Å². The molecule has 110 valence electrons. The van der Waals surface area contributed by atoms with Gasteiger partial charge in [0.1, 0.15) is 12.4 Å². The van der Waals surface area contributed by atoms with Crippen LogP contribution in [-0.2, 0) is 6.61 Å². The molecule has 0 fully saturated rings. The van der Waals surface area contributed by atoms with Gasteiger partial charge in [0.2, 0.25) is 0 Å². The van der Waals surface area contributed by atoms with Gasteiger partial charge in [-0.1, -0.05) is 26.0 Å². The third-order valence-electron chi connectivity index (χ3n) is 3.26. The maximum absolute atomic E-state index is 10.8. The third kappa shape index (κ3) is 3.72. The minimum absolute atomic E-state index is 0.0127. The van der Waals surface area contributed by atoms with Crippen molar-refractivity contribution in [2.75, 3.05) is 5.73 Å². The van der Waals surface area contributed by atoms with E-state index in [9.17, 15) is 10.1 Å². The van der Waals surface area contributed by atoms with Crippen LogP contribution in [0.1, 0.15) is 30.9 Å². The first kappa shape index (κ1) is 14.8. The summed E-state index contributed by atoms with van der Waals surface area (Å²) in [6.45, 7) is 4.42. The molecule has 2 rings (SSSR count). The van der Waals surface area contributed by atoms with Crippen molar-refractivity contribution < 1.29 is 9.66 Å². The van der Waals surface area contributed by atoms with Gasteiger partial charge in [0.25, 0.3) is 5.69 Å². The highest BCUT2D eigenvalue weighted by atomic mass is 16.6. The van der Waals surface area contributed by atoms with Crippen LogP contribution in [0.15, 0.2) is 42.5 Å². The zero-order chi connectivity index (χ0) is 15.4. The van der Waals surface area contributed by atoms with Crippen molar-refractivity contribution in [3.05, 3.63) is 63.7 Å². The fourth-order valence-corrected chi connectivity index (χ4v) is 1.96. The number of rotatable bonds is 5. The van der Waals surface area contributed by atoms with Crippen molar-refractivity contribution in [3.63, 3.8) is 0 Å². The topological polar surface area (TPSA) is 78.4 Å². The summed E-state index contributed by atoms with van der Waals surface area (Å²) in [5, 5.41) is 10.8. The summed E-state index contributed by atoms with van der Waals surface area (Å²) in [7, 11) is 0. The van der Waals surface area contributed by atoms with Crippen LogP contribution in [-0.4, -0.2) is 4.92 Å². The van der Waals surface area contributed by atoms with Crippen molar-refractivity contribution in [2.24, 2.45) is 0 Å². The van der Waals surface area contributed by atoms with Gasteiger partial charge < -0.3 is 10.5 Å². The van der Waals surface area contributed by atoms with Gasteiger partial charge >= 0.3 is 0 Å². The van der Waals surface area contributed by atoms with E-state index in [0.717, 1.165) is 5.75 Å². The van der Waals surface area contributed by atoms with Crippen LogP contribution in [0.4, 0.5) is 11.4 Å². The molecule has 0 radical (unpaired) electrons. The summed E-state index contributed by atoms with van der Waals surface area (Å²) in [4.78, 5) is 10.3. The lowest BCUT2D eigenvalue weighted by Crippen LogP contribution is -2.02. The second kappa shape index (κ2) is 6.26. The van der Waals surface area contributed by atoms with Gasteiger partial charge in [-0.15, -0.1) is 0 Å². The van der Waals surface area contributed by atoms with Crippen LogP contribution in [0.5, 0.6) is 5.75 Å². The van der Waals surface area contributed by atoms with Crippen LogP contribution in [0, 0.1) is 10.1 Å². The number of nitro benzene ring substituents is 1. The number of hydrogen-bond donors (Lipinski definition) is 1. The Labute approximate surface area is 123 Å². The molecule has 0 saturated carbocycles. The first-order chi connectivity index (χ1) is 9.97. The van der Waals surface area contributed by atoms with E-state index in [1.165, 1.54) is 23.8 Å². The number of nitrogen functional groups attached to an aromatic ring is 1. The molecule has 0 aliphatic rings. The lowest BCUT2D eigenvalue weighted by atomic mass is 10.0. The molecule has 0 unspecified atom stereocenters. The highest BCUT2D eigenvalue weighted by Crippen LogP contribution is 2.24. The Kier molecular flexibility index (Phi) is 4.42. The molecule has 2 N–H and O–H groups in total. The lowest BCUT2D eigenvalue weighted by Gasteiger charge is -2.11. The summed E-state index contributed by atoms with van der Waals surface area (Å²) in [5.74, 6) is 1.14. The average molecular weight is 286 g/mol. The summed E-state index contributed by atoms with van der Waals surface area (Å²) < 4.78 is 5.70. The number of nitrogens with two attached hydrogens (primary N) is 1. The van der Waals surface area contributed by atoms with E-state index in [2.05, 4.69) is 13.8 Å². The molecule has 0 atom stereocenters. The van der Waals surface area contributed by atoms with E-state index in [1.807, 2.05) is 24.3 Å². The van der Waals surface area contributed by atoms with Gasteiger partial charge in [-0.2, -0.15) is 0 Å². The van der Waals surface area contributed by atoms with Crippen LogP contribution >= 0.6 is 0 Å². The zero-order valence-electron chi connectivity index (χ0n) is 12.1. The first-order valence-corrected chi connectivity index (χ1v) is 6.73. The van der Waals surface area contributed by atoms with Gasteiger partial charge in [0.15, 0.2) is 0 Å². The largest absolute Gasteiger partial charge is 0.489 e. The van der Waals surface area contributed by atoms with Gasteiger partial charge in [0, 0.05) is 23.4 Å². The molecule has 0 saturated heterocycles. The normalized spacial score (nSPS) is 10.6. The van der Waals surface area contributed by atoms with E-state index >= 15 is 0 Å². The maximum atomic E-state index is 10.8. The predicted octanol–water partition coefficient (Wildman–Crippen LogP) is 3.88. The molecular weight excluding hydrogens is 268 g/mol. The predicted molar refractivity (Wildman–Crippen MR) is 82.4 cm³/mol. The molecule has 0 bridgehead atoms. The molecule has 2 aromatic carbocycles. The van der Waals surface area contributed by atoms with Crippen molar-refractivity contribution in [3.8, 4) is 5.75 Å². The molecular formula is C16H18N2O3. The third-order valence-corrected chi connectivity index (χ3v) is 3.26. The summed E-state index contributed by atoms with van der Waals surface area (Å²) >= 11 is 0. The Bertz CT molecular complexity index is 654. The van der Waals surface area contributed by atoms with Crippen molar-refractivity contribution >= 4 is 11.4 Å². The van der Waals surface area contributed by atoms with Gasteiger partial charge in [-0.25, -0.2) is 0 Å². The highest BCUT2D eigenvalue weighted by molar-refractivity contribution is 5.52. The Morgan fingerprint density at radius 1 is 1.24 bits per heavy atom. The zero-order valence-corrected chi connectivity index (χ0v) is 12.1. The number of hydrogen-bond acceptors (Lipinski definition) is 4. The number of ether oxygens (including phenoxy) is 1. The van der Waals surface area contributed by atoms with Crippen molar-refractivity contribution in [1.29, 1.82) is 0 Å². The fourth-order valence-electron chi connectivity index (χ4n) is 1.96. The second-order valence-corrected chi connectivity index (χ2v) is 5.16. The van der Waals surface area contributed by atoms with Crippen LogP contribution in [0.3, 0.4) is 0 Å². The number of nitrogens with zero attached hydrogens (tertiary/aromatic N) is 1. The minimum Gasteiger partial charge on any atom is -0.489 e. The second-order valence-electron chi connectivity index (χ2n) is 5.16. The van der Waals surface area contributed by atoms with E-state index in [4.69, 9.17) is 10.5 Å². The molecule has 0 heterocycles. The quantitative estimate of drug-likeness (QED) is 0.514. The van der Waals surface area contributed by atoms with E-state index < -0.39 is 4.92 Å². The van der Waals surface area contributed by atoms with Crippen LogP contribution in [0.25, 0.3) is 0 Å². The molecule has 0 aromatic heterocycles. The Balaban J connectivity index is 2.14. The maximum Gasteiger partial charge on any atom is 0.269 e. The highest BCUT2D eigenvalue weighted by Gasteiger charge is 2.10. The standard InChI is InChI=1S/C16H18N2O3/c1-11(2)12-4-3-5-15(9-12)21-10-13-8-14(18(19)20)6-7-16(13)17/h3-9,11H,10,17H2,1-2H3. The first-order valence-electron chi connectivity index (χ1n) is 6.73. The number of benzene rings is 2. The number of non-ortho nitro benzene ring substituents is 1. The van der Waals surface area contributed by atoms with Crippen molar-refractivity contribution in [2.45, 2.75) is 26.4 Å². The molecule has 21 heavy (non-hydrogen) atoms.